The van der Waals surface area contributed by atoms with Crippen LogP contribution in [-0.4, -0.2) is 11.1 Å². The lowest BCUT2D eigenvalue weighted by Crippen LogP contribution is -1.85. The summed E-state index contributed by atoms with van der Waals surface area (Å²) < 4.78 is 0. The summed E-state index contributed by atoms with van der Waals surface area (Å²) in [5, 5.41) is 9.24. The lowest BCUT2D eigenvalue weighted by molar-refractivity contribution is -0.131. The molecule has 2 nitrogen and oxygen atoms in total. The van der Waals surface area contributed by atoms with Gasteiger partial charge in [0.15, 0.2) is 0 Å². The van der Waals surface area contributed by atoms with E-state index in [-0.39, 0.29) is 0 Å². The summed E-state index contributed by atoms with van der Waals surface area (Å²) in [7, 11) is 0. The minimum absolute atomic E-state index is 0.700. The van der Waals surface area contributed by atoms with Gasteiger partial charge in [-0.3, -0.25) is 0 Å². The molecule has 0 aliphatic carbocycles. The van der Waals surface area contributed by atoms with Crippen LogP contribution in [0.15, 0.2) is 54.6 Å². The summed E-state index contributed by atoms with van der Waals surface area (Å²) in [6.07, 6.45) is 2.67. The summed E-state index contributed by atoms with van der Waals surface area (Å²) in [6.45, 7) is 0. The SMILES string of the molecule is O=C(O)/C=C/c1ccc(-c2ccccc2Cl)cc1. The molecule has 0 atom stereocenters. The van der Waals surface area contributed by atoms with Crippen LogP contribution in [0.25, 0.3) is 17.2 Å². The summed E-state index contributed by atoms with van der Waals surface area (Å²) in [4.78, 5) is 10.4. The fourth-order valence-electron chi connectivity index (χ4n) is 1.64. The molecule has 0 saturated carbocycles. The molecule has 3 heteroatoms. The summed E-state index contributed by atoms with van der Waals surface area (Å²) in [5.41, 5.74) is 2.81. The zero-order valence-corrected chi connectivity index (χ0v) is 10.3. The number of carbonyl (C=O) groups is 1. The van der Waals surface area contributed by atoms with Crippen molar-refractivity contribution < 1.29 is 9.90 Å². The van der Waals surface area contributed by atoms with E-state index in [1.54, 1.807) is 6.08 Å². The molecule has 0 aliphatic rings. The van der Waals surface area contributed by atoms with Gasteiger partial charge in [0.1, 0.15) is 0 Å². The normalized spacial score (nSPS) is 10.7. The van der Waals surface area contributed by atoms with Crippen LogP contribution in [0.3, 0.4) is 0 Å². The Kier molecular flexibility index (Phi) is 3.80. The molecule has 0 spiro atoms. The second kappa shape index (κ2) is 5.52. The molecule has 1 N–H and O–H groups in total. The van der Waals surface area contributed by atoms with E-state index >= 15 is 0 Å². The Labute approximate surface area is 110 Å². The van der Waals surface area contributed by atoms with Gasteiger partial charge in [-0.2, -0.15) is 0 Å². The van der Waals surface area contributed by atoms with E-state index < -0.39 is 5.97 Å². The van der Waals surface area contributed by atoms with Gasteiger partial charge < -0.3 is 5.11 Å². The van der Waals surface area contributed by atoms with Crippen LogP contribution in [-0.2, 0) is 4.79 Å². The highest BCUT2D eigenvalue weighted by molar-refractivity contribution is 6.33. The molecule has 0 aromatic heterocycles. The second-order valence-electron chi connectivity index (χ2n) is 3.77. The third-order valence-corrected chi connectivity index (χ3v) is 2.84. The van der Waals surface area contributed by atoms with Gasteiger partial charge >= 0.3 is 5.97 Å². The van der Waals surface area contributed by atoms with Crippen molar-refractivity contribution in [2.75, 3.05) is 0 Å². The molecule has 0 bridgehead atoms. The van der Waals surface area contributed by atoms with E-state index in [1.165, 1.54) is 0 Å². The lowest BCUT2D eigenvalue weighted by atomic mass is 10.0. The predicted octanol–water partition coefficient (Wildman–Crippen LogP) is 4.10. The van der Waals surface area contributed by atoms with Crippen molar-refractivity contribution >= 4 is 23.6 Å². The Morgan fingerprint density at radius 2 is 1.72 bits per heavy atom. The van der Waals surface area contributed by atoms with Crippen LogP contribution >= 0.6 is 11.6 Å². The average molecular weight is 259 g/mol. The predicted molar refractivity (Wildman–Crippen MR) is 73.6 cm³/mol. The van der Waals surface area contributed by atoms with Gasteiger partial charge in [0, 0.05) is 16.7 Å². The van der Waals surface area contributed by atoms with E-state index in [0.29, 0.717) is 5.02 Å². The summed E-state index contributed by atoms with van der Waals surface area (Å²) >= 11 is 6.11. The van der Waals surface area contributed by atoms with Crippen LogP contribution in [0.5, 0.6) is 0 Å². The van der Waals surface area contributed by atoms with E-state index in [4.69, 9.17) is 16.7 Å². The first-order valence-corrected chi connectivity index (χ1v) is 5.80. The number of benzene rings is 2. The van der Waals surface area contributed by atoms with Crippen molar-refractivity contribution in [3.63, 3.8) is 0 Å². The van der Waals surface area contributed by atoms with Crippen molar-refractivity contribution in [1.29, 1.82) is 0 Å². The highest BCUT2D eigenvalue weighted by atomic mass is 35.5. The number of hydrogen-bond acceptors (Lipinski definition) is 1. The Bertz CT molecular complexity index is 586. The van der Waals surface area contributed by atoms with Crippen LogP contribution < -0.4 is 0 Å². The van der Waals surface area contributed by atoms with Crippen molar-refractivity contribution in [3.8, 4) is 11.1 Å². The van der Waals surface area contributed by atoms with Gasteiger partial charge in [-0.15, -0.1) is 0 Å². The maximum absolute atomic E-state index is 10.4. The molecule has 0 fully saturated rings. The third-order valence-electron chi connectivity index (χ3n) is 2.51. The van der Waals surface area contributed by atoms with Crippen molar-refractivity contribution in [2.45, 2.75) is 0 Å². The van der Waals surface area contributed by atoms with E-state index in [9.17, 15) is 4.79 Å². The van der Waals surface area contributed by atoms with Gasteiger partial charge in [-0.25, -0.2) is 4.79 Å². The molecular formula is C15H11ClO2. The number of halogens is 1. The first kappa shape index (κ1) is 12.4. The number of carboxylic acids is 1. The largest absolute Gasteiger partial charge is 0.478 e. The van der Waals surface area contributed by atoms with Crippen molar-refractivity contribution in [3.05, 3.63) is 65.2 Å². The molecule has 0 radical (unpaired) electrons. The molecule has 0 amide bonds. The Morgan fingerprint density at radius 1 is 1.06 bits per heavy atom. The lowest BCUT2D eigenvalue weighted by Gasteiger charge is -2.04. The molecule has 0 heterocycles. The first-order chi connectivity index (χ1) is 8.66. The molecule has 18 heavy (non-hydrogen) atoms. The van der Waals surface area contributed by atoms with Gasteiger partial charge in [0.05, 0.1) is 0 Å². The average Bonchev–Trinajstić information content (AvgIpc) is 2.38. The first-order valence-electron chi connectivity index (χ1n) is 5.43. The van der Waals surface area contributed by atoms with Gasteiger partial charge in [0.25, 0.3) is 0 Å². The van der Waals surface area contributed by atoms with Crippen molar-refractivity contribution in [1.82, 2.24) is 0 Å². The Hall–Kier alpha value is -2.06. The van der Waals surface area contributed by atoms with E-state index in [2.05, 4.69) is 0 Å². The summed E-state index contributed by atoms with van der Waals surface area (Å²) in [6, 6.07) is 15.2. The van der Waals surface area contributed by atoms with E-state index in [1.807, 2.05) is 48.5 Å². The zero-order chi connectivity index (χ0) is 13.0. The van der Waals surface area contributed by atoms with Gasteiger partial charge in [0.2, 0.25) is 0 Å². The fourth-order valence-corrected chi connectivity index (χ4v) is 1.88. The van der Waals surface area contributed by atoms with Crippen LogP contribution in [0.2, 0.25) is 5.02 Å². The molecule has 2 aromatic rings. The number of aliphatic carboxylic acids is 1. The van der Waals surface area contributed by atoms with Gasteiger partial charge in [-0.05, 0) is 23.3 Å². The van der Waals surface area contributed by atoms with Crippen molar-refractivity contribution in [2.24, 2.45) is 0 Å². The third kappa shape index (κ3) is 2.99. The molecule has 0 aliphatic heterocycles. The number of rotatable bonds is 3. The Morgan fingerprint density at radius 3 is 2.33 bits per heavy atom. The topological polar surface area (TPSA) is 37.3 Å². The number of carboxylic acid groups (broad SMARTS) is 1. The molecule has 2 rings (SSSR count). The van der Waals surface area contributed by atoms with Crippen LogP contribution in [0.4, 0.5) is 0 Å². The molecule has 0 saturated heterocycles. The maximum Gasteiger partial charge on any atom is 0.328 e. The molecular weight excluding hydrogens is 248 g/mol. The minimum Gasteiger partial charge on any atom is -0.478 e. The summed E-state index contributed by atoms with van der Waals surface area (Å²) in [5.74, 6) is -0.954. The second-order valence-corrected chi connectivity index (χ2v) is 4.18. The smallest absolute Gasteiger partial charge is 0.328 e. The molecule has 0 unspecified atom stereocenters. The van der Waals surface area contributed by atoms with E-state index in [0.717, 1.165) is 22.8 Å². The minimum atomic E-state index is -0.954. The monoisotopic (exact) mass is 258 g/mol. The Balaban J connectivity index is 2.28. The quantitative estimate of drug-likeness (QED) is 0.842. The zero-order valence-electron chi connectivity index (χ0n) is 9.51. The molecule has 90 valence electrons. The maximum atomic E-state index is 10.4. The van der Waals surface area contributed by atoms with Gasteiger partial charge in [-0.1, -0.05) is 54.1 Å². The number of hydrogen-bond donors (Lipinski definition) is 1. The fraction of sp³-hybridized carbons (Fsp3) is 0. The van der Waals surface area contributed by atoms with Crippen LogP contribution in [0.1, 0.15) is 5.56 Å². The highest BCUT2D eigenvalue weighted by Crippen LogP contribution is 2.27. The van der Waals surface area contributed by atoms with Crippen LogP contribution in [0, 0.1) is 0 Å². The molecule has 2 aromatic carbocycles. The highest BCUT2D eigenvalue weighted by Gasteiger charge is 2.01. The standard InChI is InChI=1S/C15H11ClO2/c16-14-4-2-1-3-13(14)12-8-5-11(6-9-12)7-10-15(17)18/h1-10H,(H,17,18)/b10-7+.